The minimum absolute atomic E-state index is 0.0263. The van der Waals surface area contributed by atoms with Gasteiger partial charge in [0.15, 0.2) is 16.7 Å². The lowest BCUT2D eigenvalue weighted by molar-refractivity contribution is -0.118. The van der Waals surface area contributed by atoms with E-state index in [9.17, 15) is 4.79 Å². The number of ether oxygens (including phenoxy) is 3. The second-order valence-corrected chi connectivity index (χ2v) is 9.22. The van der Waals surface area contributed by atoms with Crippen molar-refractivity contribution in [2.75, 3.05) is 33.6 Å². The summed E-state index contributed by atoms with van der Waals surface area (Å²) in [7, 11) is 4.80. The van der Waals surface area contributed by atoms with Crippen LogP contribution in [0.15, 0.2) is 47.6 Å². The molecule has 184 valence electrons. The number of hydrogen-bond donors (Lipinski definition) is 1. The van der Waals surface area contributed by atoms with E-state index in [0.717, 1.165) is 54.6 Å². The van der Waals surface area contributed by atoms with Gasteiger partial charge in [-0.1, -0.05) is 42.1 Å². The first kappa shape index (κ1) is 24.9. The number of methoxy groups -OCH3 is 3. The number of hydrogen-bond acceptors (Lipinski definition) is 7. The summed E-state index contributed by atoms with van der Waals surface area (Å²) in [5, 5.41) is 3.59. The van der Waals surface area contributed by atoms with Gasteiger partial charge < -0.3 is 19.5 Å². The van der Waals surface area contributed by atoms with Gasteiger partial charge in [-0.25, -0.2) is 9.97 Å². The van der Waals surface area contributed by atoms with E-state index in [-0.39, 0.29) is 11.7 Å². The van der Waals surface area contributed by atoms with Gasteiger partial charge in [0, 0.05) is 23.4 Å². The number of rotatable bonds is 10. The average Bonchev–Trinajstić information content (AvgIpc) is 2.91. The van der Waals surface area contributed by atoms with Gasteiger partial charge in [0.05, 0.1) is 32.8 Å². The van der Waals surface area contributed by atoms with E-state index in [1.54, 1.807) is 21.3 Å². The van der Waals surface area contributed by atoms with Crippen molar-refractivity contribution in [3.63, 3.8) is 0 Å². The van der Waals surface area contributed by atoms with Crippen molar-refractivity contribution in [1.82, 2.24) is 15.3 Å². The molecular weight excluding hydrogens is 462 g/mol. The van der Waals surface area contributed by atoms with E-state index >= 15 is 0 Å². The van der Waals surface area contributed by atoms with Crippen molar-refractivity contribution >= 4 is 17.7 Å². The summed E-state index contributed by atoms with van der Waals surface area (Å²) < 4.78 is 16.6. The summed E-state index contributed by atoms with van der Waals surface area (Å²) in [5.41, 5.74) is 5.16. The Morgan fingerprint density at radius 2 is 1.69 bits per heavy atom. The summed E-state index contributed by atoms with van der Waals surface area (Å²) in [6, 6.07) is 14.0. The Bertz CT molecular complexity index is 1150. The number of benzene rings is 2. The molecule has 1 aromatic heterocycles. The molecule has 0 radical (unpaired) electrons. The Morgan fingerprint density at radius 3 is 2.37 bits per heavy atom. The zero-order valence-electron chi connectivity index (χ0n) is 20.4. The summed E-state index contributed by atoms with van der Waals surface area (Å²) in [6.45, 7) is 0.602. The number of nitrogens with one attached hydrogen (secondary N) is 1. The first-order valence-electron chi connectivity index (χ1n) is 11.8. The molecule has 1 amide bonds. The Kier molecular flexibility index (Phi) is 8.47. The van der Waals surface area contributed by atoms with Gasteiger partial charge in [0.2, 0.25) is 11.7 Å². The standard InChI is InChI=1S/C27H31N3O4S/c1-32-22-15-19(16-23(33-2)26(22)34-3)25-20-11-7-8-12-21(20)29-27(30-25)35-17-24(31)28-14-13-18-9-5-4-6-10-18/h4-6,9-10,15-16H,7-8,11-14,17H2,1-3H3,(H,28,31). The second-order valence-electron chi connectivity index (χ2n) is 8.28. The second kappa shape index (κ2) is 11.9. The van der Waals surface area contributed by atoms with Crippen LogP contribution < -0.4 is 19.5 Å². The van der Waals surface area contributed by atoms with Crippen LogP contribution in [0.4, 0.5) is 0 Å². The maximum atomic E-state index is 12.5. The van der Waals surface area contributed by atoms with Gasteiger partial charge in [0.25, 0.3) is 0 Å². The lowest BCUT2D eigenvalue weighted by Crippen LogP contribution is -2.27. The van der Waals surface area contributed by atoms with E-state index < -0.39 is 0 Å². The predicted molar refractivity (Wildman–Crippen MR) is 138 cm³/mol. The molecule has 0 spiro atoms. The predicted octanol–water partition coefficient (Wildman–Crippen LogP) is 4.50. The smallest absolute Gasteiger partial charge is 0.230 e. The van der Waals surface area contributed by atoms with Crippen LogP contribution in [0.3, 0.4) is 0 Å². The minimum Gasteiger partial charge on any atom is -0.493 e. The fourth-order valence-electron chi connectivity index (χ4n) is 4.26. The van der Waals surface area contributed by atoms with Crippen LogP contribution >= 0.6 is 11.8 Å². The number of amides is 1. The average molecular weight is 494 g/mol. The van der Waals surface area contributed by atoms with Gasteiger partial charge >= 0.3 is 0 Å². The number of carbonyl (C=O) groups excluding carboxylic acids is 1. The molecular formula is C27H31N3O4S. The SMILES string of the molecule is COc1cc(-c2nc(SCC(=O)NCCc3ccccc3)nc3c2CCCC3)cc(OC)c1OC. The third-order valence-electron chi connectivity index (χ3n) is 6.01. The quantitative estimate of drug-likeness (QED) is 0.329. The number of nitrogens with zero attached hydrogens (tertiary/aromatic N) is 2. The molecule has 0 atom stereocenters. The number of fused-ring (bicyclic) bond motifs is 1. The van der Waals surface area contributed by atoms with Crippen molar-refractivity contribution in [3.8, 4) is 28.5 Å². The summed E-state index contributed by atoms with van der Waals surface area (Å²) in [6.07, 6.45) is 4.84. The molecule has 0 saturated heterocycles. The highest BCUT2D eigenvalue weighted by molar-refractivity contribution is 7.99. The molecule has 2 aromatic carbocycles. The third-order valence-corrected chi connectivity index (χ3v) is 6.86. The molecule has 0 aliphatic heterocycles. The lowest BCUT2D eigenvalue weighted by atomic mass is 9.92. The van der Waals surface area contributed by atoms with E-state index in [2.05, 4.69) is 17.4 Å². The molecule has 1 aliphatic carbocycles. The number of aromatic nitrogens is 2. The Hall–Kier alpha value is -3.26. The molecule has 0 bridgehead atoms. The highest BCUT2D eigenvalue weighted by atomic mass is 32.2. The highest BCUT2D eigenvalue weighted by Crippen LogP contribution is 2.42. The zero-order chi connectivity index (χ0) is 24.6. The molecule has 3 aromatic rings. The summed E-state index contributed by atoms with van der Waals surface area (Å²) in [5.74, 6) is 1.95. The third kappa shape index (κ3) is 6.06. The van der Waals surface area contributed by atoms with Crippen LogP contribution in [0, 0.1) is 0 Å². The summed E-state index contributed by atoms with van der Waals surface area (Å²) in [4.78, 5) is 22.1. The largest absolute Gasteiger partial charge is 0.493 e. The van der Waals surface area contributed by atoms with Gasteiger partial charge in [-0.05, 0) is 49.8 Å². The molecule has 1 N–H and O–H groups in total. The van der Waals surface area contributed by atoms with E-state index in [4.69, 9.17) is 24.2 Å². The first-order valence-corrected chi connectivity index (χ1v) is 12.7. The van der Waals surface area contributed by atoms with Crippen molar-refractivity contribution in [3.05, 3.63) is 59.3 Å². The number of thioether (sulfide) groups is 1. The van der Waals surface area contributed by atoms with Crippen molar-refractivity contribution in [1.29, 1.82) is 0 Å². The van der Waals surface area contributed by atoms with Gasteiger partial charge in [-0.3, -0.25) is 4.79 Å². The fourth-order valence-corrected chi connectivity index (χ4v) is 4.96. The van der Waals surface area contributed by atoms with Crippen LogP contribution in [-0.2, 0) is 24.1 Å². The van der Waals surface area contributed by atoms with E-state index in [0.29, 0.717) is 28.9 Å². The van der Waals surface area contributed by atoms with Crippen LogP contribution in [0.25, 0.3) is 11.3 Å². The normalized spacial score (nSPS) is 12.5. The molecule has 4 rings (SSSR count). The van der Waals surface area contributed by atoms with Crippen LogP contribution in [0.5, 0.6) is 17.2 Å². The van der Waals surface area contributed by atoms with Crippen LogP contribution in [0.1, 0.15) is 29.7 Å². The molecule has 0 unspecified atom stereocenters. The van der Waals surface area contributed by atoms with E-state index in [1.165, 1.54) is 17.3 Å². The van der Waals surface area contributed by atoms with Gasteiger partial charge in [-0.15, -0.1) is 0 Å². The molecule has 0 saturated carbocycles. The monoisotopic (exact) mass is 493 g/mol. The Morgan fingerprint density at radius 1 is 0.971 bits per heavy atom. The van der Waals surface area contributed by atoms with Gasteiger partial charge in [0.1, 0.15) is 0 Å². The molecule has 1 heterocycles. The molecule has 7 nitrogen and oxygen atoms in total. The molecule has 0 fully saturated rings. The molecule has 8 heteroatoms. The van der Waals surface area contributed by atoms with Crippen LogP contribution in [-0.4, -0.2) is 49.5 Å². The Labute approximate surface area is 210 Å². The molecule has 35 heavy (non-hydrogen) atoms. The number of aryl methyl sites for hydroxylation is 1. The topological polar surface area (TPSA) is 82.6 Å². The Balaban J connectivity index is 1.53. The first-order chi connectivity index (χ1) is 17.1. The van der Waals surface area contributed by atoms with Crippen molar-refractivity contribution in [2.24, 2.45) is 0 Å². The minimum atomic E-state index is -0.0263. The van der Waals surface area contributed by atoms with E-state index in [1.807, 2.05) is 30.3 Å². The van der Waals surface area contributed by atoms with Crippen molar-refractivity contribution in [2.45, 2.75) is 37.3 Å². The zero-order valence-corrected chi connectivity index (χ0v) is 21.2. The maximum Gasteiger partial charge on any atom is 0.230 e. The number of carbonyl (C=O) groups is 1. The highest BCUT2D eigenvalue weighted by Gasteiger charge is 2.22. The fraction of sp³-hybridized carbons (Fsp3) is 0.370. The van der Waals surface area contributed by atoms with Gasteiger partial charge in [-0.2, -0.15) is 0 Å². The molecule has 1 aliphatic rings. The maximum absolute atomic E-state index is 12.5. The summed E-state index contributed by atoms with van der Waals surface area (Å²) >= 11 is 1.36. The van der Waals surface area contributed by atoms with Crippen molar-refractivity contribution < 1.29 is 19.0 Å². The lowest BCUT2D eigenvalue weighted by Gasteiger charge is -2.20. The van der Waals surface area contributed by atoms with Crippen LogP contribution in [0.2, 0.25) is 0 Å².